The number of likely N-dealkylation sites (tertiary alicyclic amines) is 1. The minimum absolute atomic E-state index is 0.0668. The minimum Gasteiger partial charge on any atom is -0.375 e. The lowest BCUT2D eigenvalue weighted by Gasteiger charge is -2.33. The zero-order chi connectivity index (χ0) is 16.7. The van der Waals surface area contributed by atoms with Gasteiger partial charge in [-0.2, -0.15) is 0 Å². The van der Waals surface area contributed by atoms with E-state index in [0.29, 0.717) is 6.04 Å². The SMILES string of the molecule is CN=C(NCc1cccn1C)NC1CCN(C(=O)COC)CC1. The van der Waals surface area contributed by atoms with E-state index in [1.165, 1.54) is 5.69 Å². The number of hydrogen-bond acceptors (Lipinski definition) is 3. The number of nitrogens with zero attached hydrogens (tertiary/aromatic N) is 3. The molecular formula is C16H27N5O2. The van der Waals surface area contributed by atoms with Crippen molar-refractivity contribution in [2.75, 3.05) is 33.9 Å². The molecule has 1 fully saturated rings. The molecular weight excluding hydrogens is 294 g/mol. The van der Waals surface area contributed by atoms with Crippen molar-refractivity contribution in [1.29, 1.82) is 0 Å². The molecule has 0 aromatic carbocycles. The molecule has 23 heavy (non-hydrogen) atoms. The molecule has 2 N–H and O–H groups in total. The summed E-state index contributed by atoms with van der Waals surface area (Å²) in [5.41, 5.74) is 1.20. The molecule has 0 unspecified atom stereocenters. The summed E-state index contributed by atoms with van der Waals surface area (Å²) in [5.74, 6) is 0.866. The minimum atomic E-state index is 0.0668. The molecule has 0 saturated carbocycles. The summed E-state index contributed by atoms with van der Waals surface area (Å²) in [6.45, 7) is 2.41. The second-order valence-electron chi connectivity index (χ2n) is 5.77. The third-order valence-corrected chi connectivity index (χ3v) is 4.17. The van der Waals surface area contributed by atoms with Crippen molar-refractivity contribution >= 4 is 11.9 Å². The largest absolute Gasteiger partial charge is 0.375 e. The van der Waals surface area contributed by atoms with Crippen LogP contribution in [0.5, 0.6) is 0 Å². The van der Waals surface area contributed by atoms with E-state index in [1.54, 1.807) is 14.2 Å². The molecule has 1 saturated heterocycles. The van der Waals surface area contributed by atoms with Crippen LogP contribution in [0, 0.1) is 0 Å². The first kappa shape index (κ1) is 17.3. The summed E-state index contributed by atoms with van der Waals surface area (Å²) in [5, 5.41) is 6.77. The van der Waals surface area contributed by atoms with E-state index < -0.39 is 0 Å². The van der Waals surface area contributed by atoms with E-state index in [2.05, 4.69) is 26.3 Å². The van der Waals surface area contributed by atoms with Crippen LogP contribution < -0.4 is 10.6 Å². The molecule has 1 aromatic rings. The van der Waals surface area contributed by atoms with E-state index in [0.717, 1.165) is 38.4 Å². The Morgan fingerprint density at radius 2 is 2.17 bits per heavy atom. The lowest BCUT2D eigenvalue weighted by molar-refractivity contribution is -0.136. The van der Waals surface area contributed by atoms with Crippen molar-refractivity contribution in [3.05, 3.63) is 24.0 Å². The highest BCUT2D eigenvalue weighted by Gasteiger charge is 2.23. The maximum absolute atomic E-state index is 11.8. The summed E-state index contributed by atoms with van der Waals surface area (Å²) >= 11 is 0. The smallest absolute Gasteiger partial charge is 0.248 e. The van der Waals surface area contributed by atoms with E-state index in [1.807, 2.05) is 24.2 Å². The standard InChI is InChI=1S/C16H27N5O2/c1-17-16(18-11-14-5-4-8-20(14)2)19-13-6-9-21(10-7-13)15(22)12-23-3/h4-5,8,13H,6-7,9-12H2,1-3H3,(H2,17,18,19). The van der Waals surface area contributed by atoms with Gasteiger partial charge in [0.15, 0.2) is 5.96 Å². The Kier molecular flexibility index (Phi) is 6.46. The number of aromatic nitrogens is 1. The van der Waals surface area contributed by atoms with E-state index in [-0.39, 0.29) is 12.5 Å². The number of carbonyl (C=O) groups excluding carboxylic acids is 1. The molecule has 0 aliphatic carbocycles. The molecule has 0 spiro atoms. The number of amides is 1. The number of carbonyl (C=O) groups is 1. The van der Waals surface area contributed by atoms with Crippen LogP contribution in [0.1, 0.15) is 18.5 Å². The number of piperidine rings is 1. The summed E-state index contributed by atoms with van der Waals surface area (Å²) in [4.78, 5) is 17.9. The van der Waals surface area contributed by atoms with Gasteiger partial charge < -0.3 is 24.8 Å². The Labute approximate surface area is 137 Å². The number of nitrogens with one attached hydrogen (secondary N) is 2. The monoisotopic (exact) mass is 321 g/mol. The molecule has 1 amide bonds. The molecule has 0 atom stereocenters. The van der Waals surface area contributed by atoms with Crippen molar-refractivity contribution in [3.63, 3.8) is 0 Å². The van der Waals surface area contributed by atoms with Gasteiger partial charge in [0.2, 0.25) is 5.91 Å². The molecule has 2 rings (SSSR count). The van der Waals surface area contributed by atoms with E-state index in [4.69, 9.17) is 4.74 Å². The maximum atomic E-state index is 11.8. The van der Waals surface area contributed by atoms with Gasteiger partial charge >= 0.3 is 0 Å². The Morgan fingerprint density at radius 3 is 2.74 bits per heavy atom. The first-order valence-electron chi connectivity index (χ1n) is 7.98. The fourth-order valence-electron chi connectivity index (χ4n) is 2.73. The van der Waals surface area contributed by atoms with Crippen molar-refractivity contribution < 1.29 is 9.53 Å². The van der Waals surface area contributed by atoms with Crippen LogP contribution in [0.25, 0.3) is 0 Å². The number of guanidine groups is 1. The third kappa shape index (κ3) is 4.99. The zero-order valence-electron chi connectivity index (χ0n) is 14.2. The first-order valence-corrected chi connectivity index (χ1v) is 7.98. The molecule has 128 valence electrons. The number of aryl methyl sites for hydroxylation is 1. The Bertz CT molecular complexity index is 532. The number of methoxy groups -OCH3 is 1. The number of aliphatic imine (C=N–C) groups is 1. The van der Waals surface area contributed by atoms with Gasteiger partial charge in [0.25, 0.3) is 0 Å². The van der Waals surface area contributed by atoms with Crippen LogP contribution in [-0.4, -0.2) is 61.2 Å². The van der Waals surface area contributed by atoms with Gasteiger partial charge in [0, 0.05) is 52.2 Å². The van der Waals surface area contributed by atoms with Crippen molar-refractivity contribution in [2.24, 2.45) is 12.0 Å². The highest BCUT2D eigenvalue weighted by Crippen LogP contribution is 2.10. The van der Waals surface area contributed by atoms with E-state index in [9.17, 15) is 4.79 Å². The molecule has 1 aromatic heterocycles. The van der Waals surface area contributed by atoms with Gasteiger partial charge in [-0.25, -0.2) is 0 Å². The van der Waals surface area contributed by atoms with E-state index >= 15 is 0 Å². The predicted molar refractivity (Wildman–Crippen MR) is 90.2 cm³/mol. The van der Waals surface area contributed by atoms with Crippen LogP contribution in [0.2, 0.25) is 0 Å². The van der Waals surface area contributed by atoms with Gasteiger partial charge in [0.1, 0.15) is 6.61 Å². The Morgan fingerprint density at radius 1 is 1.43 bits per heavy atom. The third-order valence-electron chi connectivity index (χ3n) is 4.17. The quantitative estimate of drug-likeness (QED) is 0.606. The molecule has 0 radical (unpaired) electrons. The van der Waals surface area contributed by atoms with Gasteiger partial charge in [-0.05, 0) is 25.0 Å². The van der Waals surface area contributed by atoms with Crippen LogP contribution >= 0.6 is 0 Å². The van der Waals surface area contributed by atoms with Crippen molar-refractivity contribution in [2.45, 2.75) is 25.4 Å². The molecule has 1 aliphatic heterocycles. The predicted octanol–water partition coefficient (Wildman–Crippen LogP) is 0.328. The molecule has 1 aliphatic rings. The summed E-state index contributed by atoms with van der Waals surface area (Å²) < 4.78 is 6.99. The topological polar surface area (TPSA) is 70.9 Å². The normalized spacial score (nSPS) is 16.5. The van der Waals surface area contributed by atoms with Crippen molar-refractivity contribution in [1.82, 2.24) is 20.1 Å². The molecule has 2 heterocycles. The second-order valence-corrected chi connectivity index (χ2v) is 5.77. The number of ether oxygens (including phenoxy) is 1. The number of rotatable bonds is 5. The van der Waals surface area contributed by atoms with Crippen LogP contribution in [0.4, 0.5) is 0 Å². The summed E-state index contributed by atoms with van der Waals surface area (Å²) in [7, 11) is 5.35. The highest BCUT2D eigenvalue weighted by molar-refractivity contribution is 5.80. The lowest BCUT2D eigenvalue weighted by atomic mass is 10.1. The fourth-order valence-corrected chi connectivity index (χ4v) is 2.73. The number of hydrogen-bond donors (Lipinski definition) is 2. The highest BCUT2D eigenvalue weighted by atomic mass is 16.5. The summed E-state index contributed by atoms with van der Waals surface area (Å²) in [6, 6.07) is 4.45. The zero-order valence-corrected chi connectivity index (χ0v) is 14.2. The Balaban J connectivity index is 1.75. The van der Waals surface area contributed by atoms with Gasteiger partial charge in [-0.3, -0.25) is 9.79 Å². The molecule has 7 nitrogen and oxygen atoms in total. The first-order chi connectivity index (χ1) is 11.1. The fraction of sp³-hybridized carbons (Fsp3) is 0.625. The van der Waals surface area contributed by atoms with Gasteiger partial charge in [0.05, 0.1) is 6.54 Å². The molecule has 7 heteroatoms. The average Bonchev–Trinajstić information content (AvgIpc) is 2.97. The van der Waals surface area contributed by atoms with Crippen molar-refractivity contribution in [3.8, 4) is 0 Å². The van der Waals surface area contributed by atoms with Crippen LogP contribution in [0.15, 0.2) is 23.3 Å². The van der Waals surface area contributed by atoms with Gasteiger partial charge in [-0.1, -0.05) is 0 Å². The molecule has 0 bridgehead atoms. The van der Waals surface area contributed by atoms with Crippen LogP contribution in [-0.2, 0) is 23.1 Å². The average molecular weight is 321 g/mol. The second kappa shape index (κ2) is 8.57. The maximum Gasteiger partial charge on any atom is 0.248 e. The summed E-state index contributed by atoms with van der Waals surface area (Å²) in [6.07, 6.45) is 3.86. The van der Waals surface area contributed by atoms with Crippen LogP contribution in [0.3, 0.4) is 0 Å². The van der Waals surface area contributed by atoms with Gasteiger partial charge in [-0.15, -0.1) is 0 Å². The Hall–Kier alpha value is -2.02. The lowest BCUT2D eigenvalue weighted by Crippen LogP contribution is -2.50.